The first-order valence-corrected chi connectivity index (χ1v) is 8.98. The highest BCUT2D eigenvalue weighted by atomic mass is 19.1. The van der Waals surface area contributed by atoms with Gasteiger partial charge in [-0.2, -0.15) is 0 Å². The molecule has 0 aliphatic carbocycles. The molecule has 134 valence electrons. The summed E-state index contributed by atoms with van der Waals surface area (Å²) in [5.74, 6) is 1.26. The number of halogens is 1. The molecule has 1 unspecified atom stereocenters. The van der Waals surface area contributed by atoms with Crippen molar-refractivity contribution in [1.82, 2.24) is 14.9 Å². The van der Waals surface area contributed by atoms with Gasteiger partial charge >= 0.3 is 0 Å². The van der Waals surface area contributed by atoms with Crippen LogP contribution in [-0.2, 0) is 24.3 Å². The van der Waals surface area contributed by atoms with Gasteiger partial charge in [0.2, 0.25) is 0 Å². The minimum absolute atomic E-state index is 0.161. The summed E-state index contributed by atoms with van der Waals surface area (Å²) in [6.07, 6.45) is 8.50. The maximum atomic E-state index is 13.0. The Morgan fingerprint density at radius 3 is 2.64 bits per heavy atom. The molecule has 1 aliphatic rings. The van der Waals surface area contributed by atoms with Gasteiger partial charge in [-0.1, -0.05) is 12.1 Å². The van der Waals surface area contributed by atoms with Crippen LogP contribution in [0.3, 0.4) is 0 Å². The summed E-state index contributed by atoms with van der Waals surface area (Å²) in [5.41, 5.74) is 2.37. The Hall–Kier alpha value is -1.85. The SMILES string of the molecule is COCc1ncc(CN2CCCC(CCc3ccc(F)cc3)C2)cn1. The first-order chi connectivity index (χ1) is 12.2. The van der Waals surface area contributed by atoms with E-state index in [0.717, 1.165) is 43.9 Å². The van der Waals surface area contributed by atoms with Crippen molar-refractivity contribution in [2.75, 3.05) is 20.2 Å². The second-order valence-corrected chi connectivity index (χ2v) is 6.85. The molecule has 5 heteroatoms. The molecule has 3 rings (SSSR count). The number of benzene rings is 1. The second kappa shape index (κ2) is 9.02. The number of piperidine rings is 1. The van der Waals surface area contributed by atoms with Crippen LogP contribution in [0, 0.1) is 11.7 Å². The predicted octanol–water partition coefficient (Wildman–Crippen LogP) is 3.61. The van der Waals surface area contributed by atoms with E-state index in [2.05, 4.69) is 14.9 Å². The molecule has 0 amide bonds. The van der Waals surface area contributed by atoms with E-state index < -0.39 is 0 Å². The Balaban J connectivity index is 1.48. The predicted molar refractivity (Wildman–Crippen MR) is 95.5 cm³/mol. The molecule has 0 bridgehead atoms. The van der Waals surface area contributed by atoms with Crippen LogP contribution in [0.1, 0.15) is 36.2 Å². The van der Waals surface area contributed by atoms with Crippen molar-refractivity contribution in [3.63, 3.8) is 0 Å². The number of hydrogen-bond acceptors (Lipinski definition) is 4. The fourth-order valence-electron chi connectivity index (χ4n) is 3.48. The van der Waals surface area contributed by atoms with Crippen LogP contribution in [-0.4, -0.2) is 35.1 Å². The van der Waals surface area contributed by atoms with Crippen molar-refractivity contribution in [3.8, 4) is 0 Å². The Kier molecular flexibility index (Phi) is 6.48. The quantitative estimate of drug-likeness (QED) is 0.770. The van der Waals surface area contributed by atoms with Crippen LogP contribution in [0.2, 0.25) is 0 Å². The maximum absolute atomic E-state index is 13.0. The van der Waals surface area contributed by atoms with Crippen LogP contribution in [0.25, 0.3) is 0 Å². The third-order valence-electron chi connectivity index (χ3n) is 4.80. The minimum Gasteiger partial charge on any atom is -0.377 e. The molecule has 0 spiro atoms. The van der Waals surface area contributed by atoms with E-state index in [1.165, 1.54) is 18.4 Å². The fraction of sp³-hybridized carbons (Fsp3) is 0.500. The number of ether oxygens (including phenoxy) is 1. The van der Waals surface area contributed by atoms with E-state index in [4.69, 9.17) is 4.74 Å². The zero-order valence-electron chi connectivity index (χ0n) is 14.8. The standard InChI is InChI=1S/C20H26FN3O/c1-25-15-20-22-11-18(12-23-20)14-24-10-2-3-17(13-24)5-4-16-6-8-19(21)9-7-16/h6-9,11-12,17H,2-5,10,13-15H2,1H3. The topological polar surface area (TPSA) is 38.2 Å². The van der Waals surface area contributed by atoms with Crippen LogP contribution < -0.4 is 0 Å². The number of likely N-dealkylation sites (tertiary alicyclic amines) is 1. The molecule has 1 aromatic carbocycles. The van der Waals surface area contributed by atoms with Gasteiger partial charge in [-0.25, -0.2) is 14.4 Å². The molecule has 1 atom stereocenters. The van der Waals surface area contributed by atoms with E-state index in [-0.39, 0.29) is 5.82 Å². The summed E-state index contributed by atoms with van der Waals surface area (Å²) in [7, 11) is 1.65. The lowest BCUT2D eigenvalue weighted by atomic mass is 9.91. The molecule has 25 heavy (non-hydrogen) atoms. The fourth-order valence-corrected chi connectivity index (χ4v) is 3.48. The lowest BCUT2D eigenvalue weighted by Crippen LogP contribution is -2.35. The van der Waals surface area contributed by atoms with Crippen molar-refractivity contribution < 1.29 is 9.13 Å². The van der Waals surface area contributed by atoms with Gasteiger partial charge in [-0.3, -0.25) is 4.90 Å². The average molecular weight is 343 g/mol. The molecule has 2 heterocycles. The van der Waals surface area contributed by atoms with Gasteiger partial charge in [0.25, 0.3) is 0 Å². The zero-order chi connectivity index (χ0) is 17.5. The minimum atomic E-state index is -0.161. The van der Waals surface area contributed by atoms with Gasteiger partial charge in [0.15, 0.2) is 5.82 Å². The van der Waals surface area contributed by atoms with E-state index in [1.807, 2.05) is 24.5 Å². The molecule has 0 saturated carbocycles. The largest absolute Gasteiger partial charge is 0.377 e. The maximum Gasteiger partial charge on any atom is 0.153 e. The van der Waals surface area contributed by atoms with Crippen LogP contribution in [0.5, 0.6) is 0 Å². The van der Waals surface area contributed by atoms with Crippen molar-refractivity contribution >= 4 is 0 Å². The normalized spacial score (nSPS) is 18.4. The molecule has 2 aromatic rings. The molecule has 0 radical (unpaired) electrons. The highest BCUT2D eigenvalue weighted by Gasteiger charge is 2.20. The number of nitrogens with zero attached hydrogens (tertiary/aromatic N) is 3. The van der Waals surface area contributed by atoms with Crippen LogP contribution in [0.15, 0.2) is 36.7 Å². The molecular weight excluding hydrogens is 317 g/mol. The Bertz CT molecular complexity index is 645. The van der Waals surface area contributed by atoms with Gasteiger partial charge < -0.3 is 4.74 Å². The van der Waals surface area contributed by atoms with Gasteiger partial charge in [0, 0.05) is 38.2 Å². The van der Waals surface area contributed by atoms with E-state index >= 15 is 0 Å². The van der Waals surface area contributed by atoms with Crippen molar-refractivity contribution in [2.45, 2.75) is 38.8 Å². The molecular formula is C20H26FN3O. The van der Waals surface area contributed by atoms with E-state index in [9.17, 15) is 4.39 Å². The highest BCUT2D eigenvalue weighted by molar-refractivity contribution is 5.16. The third kappa shape index (κ3) is 5.58. The Morgan fingerprint density at radius 2 is 1.92 bits per heavy atom. The number of rotatable bonds is 7. The lowest BCUT2D eigenvalue weighted by molar-refractivity contribution is 0.161. The average Bonchev–Trinajstić information content (AvgIpc) is 2.64. The summed E-state index contributed by atoms with van der Waals surface area (Å²) < 4.78 is 18.0. The van der Waals surface area contributed by atoms with Crippen LogP contribution in [0.4, 0.5) is 4.39 Å². The van der Waals surface area contributed by atoms with E-state index in [0.29, 0.717) is 12.5 Å². The molecule has 0 N–H and O–H groups in total. The van der Waals surface area contributed by atoms with Crippen molar-refractivity contribution in [3.05, 3.63) is 59.4 Å². The number of methoxy groups -OCH3 is 1. The zero-order valence-corrected chi connectivity index (χ0v) is 14.8. The summed E-state index contributed by atoms with van der Waals surface area (Å²) in [6.45, 7) is 3.60. The van der Waals surface area contributed by atoms with Gasteiger partial charge in [0.05, 0.1) is 0 Å². The molecule has 1 aliphatic heterocycles. The summed E-state index contributed by atoms with van der Waals surface area (Å²) >= 11 is 0. The molecule has 1 aromatic heterocycles. The first kappa shape index (κ1) is 18.0. The molecule has 1 saturated heterocycles. The molecule has 1 fully saturated rings. The molecule has 4 nitrogen and oxygen atoms in total. The van der Waals surface area contributed by atoms with E-state index in [1.54, 1.807) is 19.2 Å². The van der Waals surface area contributed by atoms with Crippen molar-refractivity contribution in [1.29, 1.82) is 0 Å². The Morgan fingerprint density at radius 1 is 1.16 bits per heavy atom. The summed E-state index contributed by atoms with van der Waals surface area (Å²) in [6, 6.07) is 6.90. The third-order valence-corrected chi connectivity index (χ3v) is 4.80. The summed E-state index contributed by atoms with van der Waals surface area (Å²) in [5, 5.41) is 0. The lowest BCUT2D eigenvalue weighted by Gasteiger charge is -2.32. The number of hydrogen-bond donors (Lipinski definition) is 0. The van der Waals surface area contributed by atoms with Gasteiger partial charge in [-0.05, 0) is 55.8 Å². The van der Waals surface area contributed by atoms with Gasteiger partial charge in [0.1, 0.15) is 12.4 Å². The summed E-state index contributed by atoms with van der Waals surface area (Å²) in [4.78, 5) is 11.2. The van der Waals surface area contributed by atoms with Crippen molar-refractivity contribution in [2.24, 2.45) is 5.92 Å². The highest BCUT2D eigenvalue weighted by Crippen LogP contribution is 2.23. The van der Waals surface area contributed by atoms with Crippen LogP contribution >= 0.6 is 0 Å². The smallest absolute Gasteiger partial charge is 0.153 e. The number of aromatic nitrogens is 2. The monoisotopic (exact) mass is 343 g/mol. The Labute approximate surface area is 149 Å². The first-order valence-electron chi connectivity index (χ1n) is 8.98. The second-order valence-electron chi connectivity index (χ2n) is 6.85. The number of aryl methyl sites for hydroxylation is 1. The van der Waals surface area contributed by atoms with Gasteiger partial charge in [-0.15, -0.1) is 0 Å².